The minimum Gasteiger partial charge on any atom is -0.342 e. The van der Waals surface area contributed by atoms with Gasteiger partial charge in [0.05, 0.1) is 0 Å². The van der Waals surface area contributed by atoms with Gasteiger partial charge in [-0.1, -0.05) is 37.1 Å². The van der Waals surface area contributed by atoms with Gasteiger partial charge < -0.3 is 9.47 Å². The summed E-state index contributed by atoms with van der Waals surface area (Å²) in [5, 5.41) is 9.01. The van der Waals surface area contributed by atoms with Crippen molar-refractivity contribution in [1.29, 1.82) is 0 Å². The lowest BCUT2D eigenvalue weighted by atomic mass is 9.74. The van der Waals surface area contributed by atoms with Crippen LogP contribution in [0.5, 0.6) is 0 Å². The zero-order valence-electron chi connectivity index (χ0n) is 11.8. The van der Waals surface area contributed by atoms with Gasteiger partial charge in [-0.05, 0) is 18.4 Å². The van der Waals surface area contributed by atoms with Gasteiger partial charge in [0, 0.05) is 11.0 Å². The summed E-state index contributed by atoms with van der Waals surface area (Å²) >= 11 is 0. The van der Waals surface area contributed by atoms with Gasteiger partial charge in [-0.25, -0.2) is 10.1 Å². The van der Waals surface area contributed by atoms with Crippen molar-refractivity contribution in [3.63, 3.8) is 0 Å². The number of halogens is 3. The van der Waals surface area contributed by atoms with Crippen molar-refractivity contribution in [2.24, 2.45) is 0 Å². The third kappa shape index (κ3) is 2.74. The SMILES string of the molecule is OO[C@H]1O[C@@H](OCC(F)(F)F)C2(CCCC2)c2ccccc21. The predicted molar refractivity (Wildman–Crippen MR) is 69.9 cm³/mol. The fraction of sp³-hybridized carbons (Fsp3) is 0.600. The number of ether oxygens (including phenoxy) is 2. The van der Waals surface area contributed by atoms with Crippen LogP contribution in [0.1, 0.15) is 43.1 Å². The molecule has 1 aromatic rings. The van der Waals surface area contributed by atoms with E-state index in [1.807, 2.05) is 12.1 Å². The van der Waals surface area contributed by atoms with E-state index < -0.39 is 30.8 Å². The number of rotatable bonds is 3. The van der Waals surface area contributed by atoms with Crippen LogP contribution in [0.4, 0.5) is 13.2 Å². The molecule has 1 aliphatic carbocycles. The first kappa shape index (κ1) is 15.7. The van der Waals surface area contributed by atoms with Crippen LogP contribution < -0.4 is 0 Å². The molecule has 2 atom stereocenters. The molecule has 3 rings (SSSR count). The van der Waals surface area contributed by atoms with Crippen LogP contribution in [0.25, 0.3) is 0 Å². The number of alkyl halides is 3. The van der Waals surface area contributed by atoms with Crippen molar-refractivity contribution >= 4 is 0 Å². The van der Waals surface area contributed by atoms with Crippen molar-refractivity contribution in [3.05, 3.63) is 35.4 Å². The van der Waals surface area contributed by atoms with E-state index in [-0.39, 0.29) is 0 Å². The quantitative estimate of drug-likeness (QED) is 0.678. The Bertz CT molecular complexity index is 526. The number of hydrogen-bond acceptors (Lipinski definition) is 4. The lowest BCUT2D eigenvalue weighted by molar-refractivity contribution is -0.396. The largest absolute Gasteiger partial charge is 0.411 e. The lowest BCUT2D eigenvalue weighted by Gasteiger charge is -2.44. The Kier molecular flexibility index (Phi) is 4.15. The van der Waals surface area contributed by atoms with Crippen LogP contribution >= 0.6 is 0 Å². The fourth-order valence-corrected chi connectivity index (χ4v) is 3.56. The summed E-state index contributed by atoms with van der Waals surface area (Å²) in [6.07, 6.45) is -3.50. The molecule has 7 heteroatoms. The molecule has 0 radical (unpaired) electrons. The highest BCUT2D eigenvalue weighted by Gasteiger charge is 2.51. The molecule has 4 nitrogen and oxygen atoms in total. The molecule has 1 fully saturated rings. The third-order valence-corrected chi connectivity index (χ3v) is 4.44. The Morgan fingerprint density at radius 3 is 2.55 bits per heavy atom. The molecule has 2 aliphatic rings. The van der Waals surface area contributed by atoms with Gasteiger partial charge in [-0.2, -0.15) is 13.2 Å². The van der Waals surface area contributed by atoms with Crippen molar-refractivity contribution < 1.29 is 32.8 Å². The van der Waals surface area contributed by atoms with Crippen LogP contribution in [-0.2, 0) is 19.8 Å². The molecule has 1 aliphatic heterocycles. The second kappa shape index (κ2) is 5.81. The molecule has 122 valence electrons. The van der Waals surface area contributed by atoms with Gasteiger partial charge in [-0.15, -0.1) is 0 Å². The molecule has 1 N–H and O–H groups in total. The van der Waals surface area contributed by atoms with E-state index in [4.69, 9.17) is 14.7 Å². The summed E-state index contributed by atoms with van der Waals surface area (Å²) in [6.45, 7) is -1.39. The highest BCUT2D eigenvalue weighted by molar-refractivity contribution is 5.38. The number of fused-ring (bicyclic) bond motifs is 2. The Morgan fingerprint density at radius 2 is 1.91 bits per heavy atom. The summed E-state index contributed by atoms with van der Waals surface area (Å²) in [5.74, 6) is 0. The van der Waals surface area contributed by atoms with Gasteiger partial charge >= 0.3 is 6.18 Å². The van der Waals surface area contributed by atoms with Crippen LogP contribution in [0.3, 0.4) is 0 Å². The van der Waals surface area contributed by atoms with E-state index in [0.29, 0.717) is 18.4 Å². The van der Waals surface area contributed by atoms with Crippen molar-refractivity contribution in [2.45, 2.75) is 49.9 Å². The summed E-state index contributed by atoms with van der Waals surface area (Å²) in [7, 11) is 0. The van der Waals surface area contributed by atoms with Crippen LogP contribution in [0.15, 0.2) is 24.3 Å². The van der Waals surface area contributed by atoms with Gasteiger partial charge in [0.1, 0.15) is 6.61 Å². The first-order valence-corrected chi connectivity index (χ1v) is 7.20. The second-order valence-electron chi connectivity index (χ2n) is 5.78. The molecule has 0 amide bonds. The van der Waals surface area contributed by atoms with Crippen molar-refractivity contribution in [2.75, 3.05) is 6.61 Å². The molecule has 1 spiro atoms. The zero-order valence-corrected chi connectivity index (χ0v) is 11.8. The maximum atomic E-state index is 12.5. The molecule has 0 saturated heterocycles. The molecule has 0 unspecified atom stereocenters. The molecule has 22 heavy (non-hydrogen) atoms. The Labute approximate surface area is 125 Å². The van der Waals surface area contributed by atoms with Gasteiger partial charge in [0.2, 0.25) is 6.29 Å². The van der Waals surface area contributed by atoms with E-state index in [1.54, 1.807) is 12.1 Å². The Balaban J connectivity index is 1.96. The summed E-state index contributed by atoms with van der Waals surface area (Å²) < 4.78 is 48.0. The maximum absolute atomic E-state index is 12.5. The first-order valence-electron chi connectivity index (χ1n) is 7.20. The predicted octanol–water partition coefficient (Wildman–Crippen LogP) is 3.92. The van der Waals surface area contributed by atoms with E-state index in [2.05, 4.69) is 4.89 Å². The van der Waals surface area contributed by atoms with Crippen LogP contribution in [0, 0.1) is 0 Å². The second-order valence-corrected chi connectivity index (χ2v) is 5.78. The maximum Gasteiger partial charge on any atom is 0.411 e. The summed E-state index contributed by atoms with van der Waals surface area (Å²) in [5.41, 5.74) is 0.861. The highest BCUT2D eigenvalue weighted by Crippen LogP contribution is 2.52. The van der Waals surface area contributed by atoms with Crippen molar-refractivity contribution in [3.8, 4) is 0 Å². The summed E-state index contributed by atoms with van der Waals surface area (Å²) in [4.78, 5) is 4.30. The Morgan fingerprint density at radius 1 is 1.23 bits per heavy atom. The highest BCUT2D eigenvalue weighted by atomic mass is 19.4. The van der Waals surface area contributed by atoms with E-state index in [0.717, 1.165) is 18.4 Å². The summed E-state index contributed by atoms with van der Waals surface area (Å²) in [6, 6.07) is 7.18. The van der Waals surface area contributed by atoms with Gasteiger partial charge in [0.15, 0.2) is 6.29 Å². The molecule has 0 bridgehead atoms. The zero-order chi connectivity index (χ0) is 15.8. The topological polar surface area (TPSA) is 47.9 Å². The first-order chi connectivity index (χ1) is 10.5. The number of hydrogen-bond donors (Lipinski definition) is 1. The molecular formula is C15H17F3O4. The van der Waals surface area contributed by atoms with Gasteiger partial charge in [-0.3, -0.25) is 0 Å². The number of benzene rings is 1. The van der Waals surface area contributed by atoms with E-state index >= 15 is 0 Å². The standard InChI is InChI=1S/C15H17F3O4/c16-15(17,18)9-20-13-14(7-3-4-8-14)11-6-2-1-5-10(11)12(21-13)22-19/h1-2,5-6,12-13,19H,3-4,7-9H2/t12-,13-/m1/s1. The van der Waals surface area contributed by atoms with E-state index in [1.165, 1.54) is 0 Å². The lowest BCUT2D eigenvalue weighted by Crippen LogP contribution is -2.47. The normalized spacial score (nSPS) is 27.1. The van der Waals surface area contributed by atoms with Crippen LogP contribution in [-0.4, -0.2) is 24.3 Å². The molecular weight excluding hydrogens is 301 g/mol. The monoisotopic (exact) mass is 318 g/mol. The minimum atomic E-state index is -4.43. The molecule has 0 aromatic heterocycles. The van der Waals surface area contributed by atoms with E-state index in [9.17, 15) is 13.2 Å². The molecule has 1 saturated carbocycles. The van der Waals surface area contributed by atoms with Crippen molar-refractivity contribution in [1.82, 2.24) is 0 Å². The molecule has 1 aromatic carbocycles. The Hall–Kier alpha value is -1.15. The fourth-order valence-electron chi connectivity index (χ4n) is 3.56. The molecule has 1 heterocycles. The third-order valence-electron chi connectivity index (χ3n) is 4.44. The average Bonchev–Trinajstić information content (AvgIpc) is 2.96. The average molecular weight is 318 g/mol. The van der Waals surface area contributed by atoms with Crippen LogP contribution in [0.2, 0.25) is 0 Å². The van der Waals surface area contributed by atoms with Gasteiger partial charge in [0.25, 0.3) is 0 Å². The smallest absolute Gasteiger partial charge is 0.342 e. The minimum absolute atomic E-state index is 0.614.